The molecule has 0 amide bonds. The summed E-state index contributed by atoms with van der Waals surface area (Å²) in [5.74, 6) is -1.76. The molecule has 0 radical (unpaired) electrons. The van der Waals surface area contributed by atoms with Gasteiger partial charge < -0.3 is 20.4 Å². The van der Waals surface area contributed by atoms with Crippen LogP contribution >= 0.6 is 0 Å². The van der Waals surface area contributed by atoms with Gasteiger partial charge in [-0.1, -0.05) is 102 Å². The zero-order valence-electron chi connectivity index (χ0n) is 26.9. The van der Waals surface area contributed by atoms with Gasteiger partial charge in [0.15, 0.2) is 12.1 Å². The van der Waals surface area contributed by atoms with Gasteiger partial charge in [0.2, 0.25) is 0 Å². The van der Waals surface area contributed by atoms with Crippen LogP contribution in [0.1, 0.15) is 52.7 Å². The van der Waals surface area contributed by atoms with Crippen molar-refractivity contribution in [1.29, 1.82) is 0 Å². The molecule has 11 nitrogen and oxygen atoms in total. The third-order valence-corrected chi connectivity index (χ3v) is 7.84. The third-order valence-electron chi connectivity index (χ3n) is 6.78. The van der Waals surface area contributed by atoms with Crippen LogP contribution in [-0.4, -0.2) is 56.9 Å². The number of rotatable bonds is 8. The average Bonchev–Trinajstić information content (AvgIpc) is 2.99. The van der Waals surface area contributed by atoms with Gasteiger partial charge in [0.05, 0.1) is 0 Å². The molecule has 0 aromatic heterocycles. The maximum absolute atomic E-state index is 11.3. The molecule has 0 fully saturated rings. The van der Waals surface area contributed by atoms with E-state index in [1.54, 1.807) is 12.1 Å². The Kier molecular flexibility index (Phi) is 14.8. The van der Waals surface area contributed by atoms with Crippen molar-refractivity contribution < 1.29 is 73.1 Å². The van der Waals surface area contributed by atoms with Gasteiger partial charge in [-0.25, -0.2) is 9.59 Å². The van der Waals surface area contributed by atoms with Crippen molar-refractivity contribution in [2.24, 2.45) is 20.8 Å². The number of phenols is 2. The molecule has 4 rings (SSSR count). The van der Waals surface area contributed by atoms with E-state index < -0.39 is 68.0 Å². The number of hydrogen-bond donors (Lipinski definition) is 4. The summed E-state index contributed by atoms with van der Waals surface area (Å²) < 4.78 is 22.4. The van der Waals surface area contributed by atoms with Crippen LogP contribution in [0.5, 0.6) is 11.5 Å². The first kappa shape index (κ1) is 39.2. The second kappa shape index (κ2) is 17.8. The summed E-state index contributed by atoms with van der Waals surface area (Å²) in [7, 11) is 0. The number of carboxylic acids is 2. The number of aromatic hydroxyl groups is 2. The van der Waals surface area contributed by atoms with Crippen LogP contribution < -0.4 is 0 Å². The van der Waals surface area contributed by atoms with Gasteiger partial charge in [0.25, 0.3) is 0 Å². The normalized spacial score (nSPS) is 12.9. The molecule has 0 aliphatic carbocycles. The summed E-state index contributed by atoms with van der Waals surface area (Å²) in [4.78, 5) is 31.1. The molecule has 0 bridgehead atoms. The molecule has 13 heteroatoms. The molecular weight excluding hydrogens is 682 g/mol. The van der Waals surface area contributed by atoms with E-state index in [2.05, 4.69) is 12.6 Å². The first-order valence-electron chi connectivity index (χ1n) is 14.3. The van der Waals surface area contributed by atoms with Crippen molar-refractivity contribution in [3.05, 3.63) is 83.9 Å². The van der Waals surface area contributed by atoms with E-state index in [4.69, 9.17) is 0 Å². The molecule has 47 heavy (non-hydrogen) atoms. The van der Waals surface area contributed by atoms with Crippen molar-refractivity contribution in [1.82, 2.24) is 0 Å². The first-order valence-corrected chi connectivity index (χ1v) is 16.6. The van der Waals surface area contributed by atoms with Crippen molar-refractivity contribution in [2.45, 2.75) is 53.6 Å². The summed E-state index contributed by atoms with van der Waals surface area (Å²) in [6.45, 7) is 11.0. The maximum atomic E-state index is 11.3. The van der Waals surface area contributed by atoms with Gasteiger partial charge in [0.1, 0.15) is 11.5 Å². The van der Waals surface area contributed by atoms with E-state index in [9.17, 15) is 37.4 Å². The van der Waals surface area contributed by atoms with Gasteiger partial charge in [-0.2, -0.15) is 0 Å². The van der Waals surface area contributed by atoms with Crippen LogP contribution in [0.3, 0.4) is 0 Å². The minimum absolute atomic E-state index is 0.0931. The zero-order valence-corrected chi connectivity index (χ0v) is 29.6. The number of benzene rings is 4. The zero-order chi connectivity index (χ0) is 35.4. The van der Waals surface area contributed by atoms with Gasteiger partial charge in [-0.3, -0.25) is 9.98 Å². The molecule has 2 atom stereocenters. The molecule has 0 saturated heterocycles. The average molecular weight is 721 g/mol. The molecule has 4 aromatic rings. The fourth-order valence-corrected chi connectivity index (χ4v) is 4.68. The Balaban J connectivity index is 0.000000286. The number of carboxylic acid groups (broad SMARTS) is 2. The van der Waals surface area contributed by atoms with Crippen LogP contribution in [-0.2, 0) is 52.7 Å². The molecule has 0 aliphatic rings. The number of carbonyl (C=O) groups is 2. The number of hydrogen-bond acceptors (Lipinski definition) is 9. The van der Waals surface area contributed by atoms with Gasteiger partial charge >= 0.3 is 55.0 Å². The molecule has 0 saturated carbocycles. The Morgan fingerprint density at radius 3 is 1.26 bits per heavy atom. The van der Waals surface area contributed by atoms with Crippen LogP contribution in [0, 0.1) is 10.8 Å². The molecular formula is C34H38N2O9V2. The van der Waals surface area contributed by atoms with E-state index in [1.807, 2.05) is 102 Å². The Labute approximate surface area is 287 Å². The number of nitrogens with zero attached hydrogens (tertiary/aromatic N) is 2. The SMILES string of the molecule is CC(C)(C)[C@H](N=Cc1c(O)ccc2ccccc12)C(=O)O.CC(C)(C)[C@H](N=Cc1c(O)ccc2ccccc12)C(=O)O.[O]=[V][O][V]=[O]. The van der Waals surface area contributed by atoms with Crippen molar-refractivity contribution in [2.75, 3.05) is 0 Å². The molecule has 0 aliphatic heterocycles. The van der Waals surface area contributed by atoms with E-state index in [0.29, 0.717) is 11.1 Å². The second-order valence-corrected chi connectivity index (χ2v) is 14.2. The van der Waals surface area contributed by atoms with Gasteiger partial charge in [0, 0.05) is 23.6 Å². The Bertz CT molecular complexity index is 1650. The molecule has 248 valence electrons. The Morgan fingerprint density at radius 2 is 0.979 bits per heavy atom. The van der Waals surface area contributed by atoms with Crippen molar-refractivity contribution in [3.63, 3.8) is 0 Å². The number of aliphatic imine (C=N–C) groups is 2. The third kappa shape index (κ3) is 11.6. The second-order valence-electron chi connectivity index (χ2n) is 12.4. The van der Waals surface area contributed by atoms with Crippen LogP contribution in [0.4, 0.5) is 0 Å². The van der Waals surface area contributed by atoms with E-state index in [-0.39, 0.29) is 11.5 Å². The molecule has 0 unspecified atom stereocenters. The van der Waals surface area contributed by atoms with Gasteiger partial charge in [-0.15, -0.1) is 0 Å². The predicted molar refractivity (Wildman–Crippen MR) is 171 cm³/mol. The van der Waals surface area contributed by atoms with E-state index in [0.717, 1.165) is 21.5 Å². The standard InChI is InChI=1S/2C17H19NO3.3O.2V/c2*1-17(2,3)15(16(20)21)18-10-13-12-7-5-4-6-11(12)8-9-14(13)19;;;;;/h2*4-10,15,19H,1-3H3,(H,20,21);;;;;/t2*15-;;;;;/m11...../s1. The van der Waals surface area contributed by atoms with Crippen LogP contribution in [0.15, 0.2) is 82.8 Å². The summed E-state index contributed by atoms with van der Waals surface area (Å²) in [5, 5.41) is 42.3. The Hall–Kier alpha value is -3.99. The van der Waals surface area contributed by atoms with E-state index in [1.165, 1.54) is 12.4 Å². The fraction of sp³-hybridized carbons (Fsp3) is 0.294. The topological polar surface area (TPSA) is 183 Å². The summed E-state index contributed by atoms with van der Waals surface area (Å²) >= 11 is -2.61. The van der Waals surface area contributed by atoms with E-state index >= 15 is 0 Å². The van der Waals surface area contributed by atoms with Crippen molar-refractivity contribution >= 4 is 45.9 Å². The fourth-order valence-electron chi connectivity index (χ4n) is 4.47. The summed E-state index contributed by atoms with van der Waals surface area (Å²) in [6.07, 6.45) is 2.92. The number of fused-ring (bicyclic) bond motifs is 2. The van der Waals surface area contributed by atoms with Crippen molar-refractivity contribution in [3.8, 4) is 11.5 Å². The Morgan fingerprint density at radius 1 is 0.638 bits per heavy atom. The minimum atomic E-state index is -1.30. The monoisotopic (exact) mass is 720 g/mol. The number of phenolic OH excluding ortho intramolecular Hbond substituents is 2. The summed E-state index contributed by atoms with van der Waals surface area (Å²) in [5.41, 5.74) is 0.0950. The quantitative estimate of drug-likeness (QED) is 0.145. The molecule has 0 heterocycles. The first-order chi connectivity index (χ1) is 22.0. The van der Waals surface area contributed by atoms with Crippen LogP contribution in [0.2, 0.25) is 0 Å². The van der Waals surface area contributed by atoms with Gasteiger partial charge in [-0.05, 0) is 44.5 Å². The molecule has 4 aromatic carbocycles. The number of aliphatic carboxylic acids is 2. The predicted octanol–water partition coefficient (Wildman–Crippen LogP) is 6.62. The summed E-state index contributed by atoms with van der Waals surface area (Å²) in [6, 6.07) is 20.3. The molecule has 4 N–H and O–H groups in total. The molecule has 0 spiro atoms. The van der Waals surface area contributed by atoms with Crippen LogP contribution in [0.25, 0.3) is 21.5 Å².